The molecule has 0 aliphatic rings. The molecule has 0 saturated carbocycles. The van der Waals surface area contributed by atoms with Crippen molar-refractivity contribution < 1.29 is 0 Å². The number of aromatic nitrogens is 2. The molecule has 0 amide bonds. The van der Waals surface area contributed by atoms with E-state index in [4.69, 9.17) is 0 Å². The largest absolute Gasteiger partial charge is 0.348 e. The standard InChI is InChI=1S/C10H16N2O/c1-4-10(3,5-2)12-8-6-7-11-9(12)13/h6-8H,4-5H2,1-3H3. The summed E-state index contributed by atoms with van der Waals surface area (Å²) in [5.74, 6) is 0. The lowest BCUT2D eigenvalue weighted by atomic mass is 9.95. The van der Waals surface area contributed by atoms with Crippen molar-refractivity contribution in [1.82, 2.24) is 9.55 Å². The highest BCUT2D eigenvalue weighted by molar-refractivity contribution is 4.89. The zero-order valence-corrected chi connectivity index (χ0v) is 8.45. The summed E-state index contributed by atoms with van der Waals surface area (Å²) in [5, 5.41) is 0. The minimum atomic E-state index is -0.159. The first-order valence-corrected chi connectivity index (χ1v) is 4.68. The Hall–Kier alpha value is -1.12. The topological polar surface area (TPSA) is 34.9 Å². The monoisotopic (exact) mass is 180 g/mol. The summed E-state index contributed by atoms with van der Waals surface area (Å²) >= 11 is 0. The Labute approximate surface area is 78.4 Å². The third kappa shape index (κ3) is 1.79. The molecule has 3 nitrogen and oxygen atoms in total. The number of hydrogen-bond acceptors (Lipinski definition) is 2. The van der Waals surface area contributed by atoms with E-state index in [-0.39, 0.29) is 11.2 Å². The fourth-order valence-electron chi connectivity index (χ4n) is 1.36. The lowest BCUT2D eigenvalue weighted by molar-refractivity contribution is 0.281. The van der Waals surface area contributed by atoms with Crippen molar-refractivity contribution in [2.45, 2.75) is 39.2 Å². The average Bonchev–Trinajstić information content (AvgIpc) is 2.17. The van der Waals surface area contributed by atoms with E-state index in [0.29, 0.717) is 0 Å². The molecule has 1 aromatic rings. The Morgan fingerprint density at radius 1 is 1.46 bits per heavy atom. The smallest absolute Gasteiger partial charge is 0.293 e. The molecule has 0 aliphatic heterocycles. The minimum absolute atomic E-state index is 0.0919. The van der Waals surface area contributed by atoms with Crippen LogP contribution in [0.4, 0.5) is 0 Å². The zero-order valence-electron chi connectivity index (χ0n) is 8.45. The van der Waals surface area contributed by atoms with Crippen LogP contribution in [0.15, 0.2) is 23.3 Å². The van der Waals surface area contributed by atoms with Crippen molar-refractivity contribution in [2.75, 3.05) is 0 Å². The first-order chi connectivity index (χ1) is 6.14. The van der Waals surface area contributed by atoms with E-state index in [9.17, 15) is 4.79 Å². The van der Waals surface area contributed by atoms with Gasteiger partial charge < -0.3 is 0 Å². The van der Waals surface area contributed by atoms with Crippen LogP contribution in [-0.4, -0.2) is 9.55 Å². The molecular formula is C10H16N2O. The number of rotatable bonds is 3. The van der Waals surface area contributed by atoms with Gasteiger partial charge in [-0.15, -0.1) is 0 Å². The Bertz CT molecular complexity index is 326. The van der Waals surface area contributed by atoms with Crippen molar-refractivity contribution in [1.29, 1.82) is 0 Å². The molecule has 1 heterocycles. The maximum absolute atomic E-state index is 11.4. The summed E-state index contributed by atoms with van der Waals surface area (Å²) in [6, 6.07) is 1.80. The summed E-state index contributed by atoms with van der Waals surface area (Å²) in [5.41, 5.74) is -0.251. The van der Waals surface area contributed by atoms with Gasteiger partial charge in [0.05, 0.1) is 0 Å². The highest BCUT2D eigenvalue weighted by atomic mass is 16.1. The van der Waals surface area contributed by atoms with Gasteiger partial charge in [0, 0.05) is 17.9 Å². The Kier molecular flexibility index (Phi) is 2.86. The number of hydrogen-bond donors (Lipinski definition) is 0. The van der Waals surface area contributed by atoms with Gasteiger partial charge in [-0.2, -0.15) is 0 Å². The van der Waals surface area contributed by atoms with Crippen LogP contribution in [0.2, 0.25) is 0 Å². The van der Waals surface area contributed by atoms with E-state index in [2.05, 4.69) is 25.8 Å². The van der Waals surface area contributed by atoms with Crippen LogP contribution in [0.5, 0.6) is 0 Å². The predicted octanol–water partition coefficient (Wildman–Crippen LogP) is 1.78. The molecule has 0 atom stereocenters. The van der Waals surface area contributed by atoms with Gasteiger partial charge in [-0.05, 0) is 25.8 Å². The molecule has 3 heteroatoms. The van der Waals surface area contributed by atoms with Crippen LogP contribution in [0, 0.1) is 0 Å². The summed E-state index contributed by atoms with van der Waals surface area (Å²) in [6.45, 7) is 6.25. The molecule has 0 aliphatic carbocycles. The lowest BCUT2D eigenvalue weighted by Crippen LogP contribution is -2.38. The third-order valence-corrected chi connectivity index (χ3v) is 2.82. The van der Waals surface area contributed by atoms with Gasteiger partial charge in [0.2, 0.25) is 0 Å². The lowest BCUT2D eigenvalue weighted by Gasteiger charge is -2.28. The third-order valence-electron chi connectivity index (χ3n) is 2.82. The fraction of sp³-hybridized carbons (Fsp3) is 0.600. The van der Waals surface area contributed by atoms with Crippen LogP contribution in [0.3, 0.4) is 0 Å². The second-order valence-corrected chi connectivity index (χ2v) is 3.48. The normalized spacial score (nSPS) is 11.6. The highest BCUT2D eigenvalue weighted by Gasteiger charge is 2.22. The van der Waals surface area contributed by atoms with Gasteiger partial charge in [-0.3, -0.25) is 4.57 Å². The molecule has 1 rings (SSSR count). The van der Waals surface area contributed by atoms with Crippen LogP contribution in [0.1, 0.15) is 33.6 Å². The second-order valence-electron chi connectivity index (χ2n) is 3.48. The van der Waals surface area contributed by atoms with E-state index in [0.717, 1.165) is 12.8 Å². The minimum Gasteiger partial charge on any atom is -0.293 e. The number of nitrogens with zero attached hydrogens (tertiary/aromatic N) is 2. The Morgan fingerprint density at radius 2 is 2.08 bits per heavy atom. The van der Waals surface area contributed by atoms with Crippen LogP contribution in [-0.2, 0) is 5.54 Å². The van der Waals surface area contributed by atoms with Crippen molar-refractivity contribution in [2.24, 2.45) is 0 Å². The van der Waals surface area contributed by atoms with E-state index in [1.165, 1.54) is 6.20 Å². The molecule has 0 spiro atoms. The fourth-order valence-corrected chi connectivity index (χ4v) is 1.36. The summed E-state index contributed by atoms with van der Waals surface area (Å²) in [6.07, 6.45) is 5.22. The Balaban J connectivity index is 3.20. The SMILES string of the molecule is CCC(C)(CC)n1cccnc1=O. The molecule has 0 unspecified atom stereocenters. The van der Waals surface area contributed by atoms with E-state index in [1.807, 2.05) is 6.20 Å². The average molecular weight is 180 g/mol. The first kappa shape index (κ1) is 9.96. The molecule has 0 radical (unpaired) electrons. The summed E-state index contributed by atoms with van der Waals surface area (Å²) < 4.78 is 1.72. The van der Waals surface area contributed by atoms with Crippen molar-refractivity contribution in [3.63, 3.8) is 0 Å². The predicted molar refractivity (Wildman–Crippen MR) is 52.7 cm³/mol. The second kappa shape index (κ2) is 3.73. The molecule has 0 N–H and O–H groups in total. The van der Waals surface area contributed by atoms with Crippen LogP contribution >= 0.6 is 0 Å². The van der Waals surface area contributed by atoms with Crippen molar-refractivity contribution in [3.05, 3.63) is 28.9 Å². The molecule has 0 fully saturated rings. The van der Waals surface area contributed by atoms with Gasteiger partial charge in [0.25, 0.3) is 0 Å². The van der Waals surface area contributed by atoms with Crippen molar-refractivity contribution in [3.8, 4) is 0 Å². The molecule has 0 aromatic carbocycles. The van der Waals surface area contributed by atoms with Gasteiger partial charge in [0.15, 0.2) is 0 Å². The summed E-state index contributed by atoms with van der Waals surface area (Å²) in [7, 11) is 0. The maximum Gasteiger partial charge on any atom is 0.348 e. The van der Waals surface area contributed by atoms with Gasteiger partial charge in [0.1, 0.15) is 0 Å². The molecule has 72 valence electrons. The quantitative estimate of drug-likeness (QED) is 0.710. The van der Waals surface area contributed by atoms with Crippen LogP contribution < -0.4 is 5.69 Å². The summed E-state index contributed by atoms with van der Waals surface area (Å²) in [4.78, 5) is 15.2. The van der Waals surface area contributed by atoms with Crippen LogP contribution in [0.25, 0.3) is 0 Å². The maximum atomic E-state index is 11.4. The molecular weight excluding hydrogens is 164 g/mol. The van der Waals surface area contributed by atoms with Crippen molar-refractivity contribution >= 4 is 0 Å². The highest BCUT2D eigenvalue weighted by Crippen LogP contribution is 2.21. The van der Waals surface area contributed by atoms with Gasteiger partial charge in [-0.25, -0.2) is 9.78 Å². The van der Waals surface area contributed by atoms with E-state index < -0.39 is 0 Å². The zero-order chi connectivity index (χ0) is 9.90. The molecule has 13 heavy (non-hydrogen) atoms. The van der Waals surface area contributed by atoms with E-state index >= 15 is 0 Å². The van der Waals surface area contributed by atoms with Gasteiger partial charge in [-0.1, -0.05) is 13.8 Å². The first-order valence-electron chi connectivity index (χ1n) is 4.68. The van der Waals surface area contributed by atoms with Gasteiger partial charge >= 0.3 is 5.69 Å². The van der Waals surface area contributed by atoms with E-state index in [1.54, 1.807) is 10.6 Å². The molecule has 1 aromatic heterocycles. The molecule has 0 bridgehead atoms. The molecule has 0 saturated heterocycles. The Morgan fingerprint density at radius 3 is 2.54 bits per heavy atom.